The molecule has 0 saturated heterocycles. The van der Waals surface area contributed by atoms with Gasteiger partial charge in [0.15, 0.2) is 0 Å². The molecule has 0 aromatic heterocycles. The number of nitro groups is 1. The van der Waals surface area contributed by atoms with Crippen LogP contribution < -0.4 is 0 Å². The van der Waals surface area contributed by atoms with Crippen LogP contribution in [-0.2, 0) is 10.8 Å². The third-order valence-electron chi connectivity index (χ3n) is 3.20. The summed E-state index contributed by atoms with van der Waals surface area (Å²) in [5.74, 6) is 0. The first kappa shape index (κ1) is 13.5. The summed E-state index contributed by atoms with van der Waals surface area (Å²) >= 11 is 5.74. The zero-order chi connectivity index (χ0) is 13.1. The first-order valence-electron chi connectivity index (χ1n) is 5.94. The minimum Gasteiger partial charge on any atom is -0.258 e. The molecule has 0 bridgehead atoms. The molecule has 1 atom stereocenters. The first-order valence-corrected chi connectivity index (χ1v) is 7.53. The number of nitro benzene ring substituents is 1. The standard InChI is InChI=1S/C12H14ClNO3S/c13-11-7-6-10(8-12(11)14(15)16)18(17)9-4-2-1-3-5-9/h6-9H,1-5H2. The minimum atomic E-state index is -1.17. The van der Waals surface area contributed by atoms with Gasteiger partial charge in [-0.25, -0.2) is 0 Å². The van der Waals surface area contributed by atoms with Gasteiger partial charge in [-0.1, -0.05) is 30.9 Å². The lowest BCUT2D eigenvalue weighted by Crippen LogP contribution is -2.18. The quantitative estimate of drug-likeness (QED) is 0.629. The third kappa shape index (κ3) is 2.90. The lowest BCUT2D eigenvalue weighted by Gasteiger charge is -2.20. The molecule has 0 aliphatic heterocycles. The van der Waals surface area contributed by atoms with Crippen LogP contribution in [0.25, 0.3) is 0 Å². The number of benzene rings is 1. The van der Waals surface area contributed by atoms with Crippen LogP contribution in [0.2, 0.25) is 5.02 Å². The highest BCUT2D eigenvalue weighted by molar-refractivity contribution is 7.85. The molecule has 0 N–H and O–H groups in total. The van der Waals surface area contributed by atoms with Gasteiger partial charge in [-0.05, 0) is 25.0 Å². The van der Waals surface area contributed by atoms with Gasteiger partial charge in [0.1, 0.15) is 5.02 Å². The van der Waals surface area contributed by atoms with E-state index in [0.717, 1.165) is 25.7 Å². The summed E-state index contributed by atoms with van der Waals surface area (Å²) < 4.78 is 12.3. The van der Waals surface area contributed by atoms with Crippen molar-refractivity contribution in [1.29, 1.82) is 0 Å². The maximum atomic E-state index is 12.3. The summed E-state index contributed by atoms with van der Waals surface area (Å²) in [5, 5.41) is 11.0. The average molecular weight is 288 g/mol. The Kier molecular flexibility index (Phi) is 4.35. The van der Waals surface area contributed by atoms with Gasteiger partial charge < -0.3 is 0 Å². The highest BCUT2D eigenvalue weighted by Crippen LogP contribution is 2.30. The van der Waals surface area contributed by atoms with Gasteiger partial charge in [0, 0.05) is 16.2 Å². The Bertz CT molecular complexity index is 486. The van der Waals surface area contributed by atoms with Crippen molar-refractivity contribution in [1.82, 2.24) is 0 Å². The molecule has 1 saturated carbocycles. The van der Waals surface area contributed by atoms with Gasteiger partial charge in [-0.3, -0.25) is 14.3 Å². The van der Waals surface area contributed by atoms with Crippen LogP contribution in [0.4, 0.5) is 5.69 Å². The molecule has 1 aliphatic carbocycles. The monoisotopic (exact) mass is 287 g/mol. The lowest BCUT2D eigenvalue weighted by molar-refractivity contribution is -0.384. The number of nitrogens with zero attached hydrogens (tertiary/aromatic N) is 1. The maximum absolute atomic E-state index is 12.3. The zero-order valence-corrected chi connectivity index (χ0v) is 11.4. The van der Waals surface area contributed by atoms with Crippen molar-refractivity contribution in [2.24, 2.45) is 0 Å². The molecule has 0 radical (unpaired) electrons. The molecule has 18 heavy (non-hydrogen) atoms. The highest BCUT2D eigenvalue weighted by atomic mass is 35.5. The largest absolute Gasteiger partial charge is 0.289 e. The van der Waals surface area contributed by atoms with Crippen LogP contribution in [0, 0.1) is 10.1 Å². The molecule has 1 fully saturated rings. The van der Waals surface area contributed by atoms with Gasteiger partial charge in [0.05, 0.1) is 15.7 Å². The molecule has 0 spiro atoms. The molecule has 4 nitrogen and oxygen atoms in total. The van der Waals surface area contributed by atoms with Gasteiger partial charge in [-0.15, -0.1) is 0 Å². The fourth-order valence-electron chi connectivity index (χ4n) is 2.23. The van der Waals surface area contributed by atoms with E-state index in [0.29, 0.717) is 4.90 Å². The fraction of sp³-hybridized carbons (Fsp3) is 0.500. The smallest absolute Gasteiger partial charge is 0.258 e. The molecule has 98 valence electrons. The molecule has 1 aromatic carbocycles. The van der Waals surface area contributed by atoms with Crippen molar-refractivity contribution in [2.45, 2.75) is 42.2 Å². The first-order chi connectivity index (χ1) is 8.59. The molecule has 1 aromatic rings. The SMILES string of the molecule is O=[N+]([O-])c1cc(S(=O)C2CCCCC2)ccc1Cl. The fourth-order valence-corrected chi connectivity index (χ4v) is 3.99. The van der Waals surface area contributed by atoms with Crippen LogP contribution in [0.3, 0.4) is 0 Å². The molecule has 0 amide bonds. The summed E-state index contributed by atoms with van der Waals surface area (Å²) in [6.45, 7) is 0. The lowest BCUT2D eigenvalue weighted by atomic mass is 10.0. The van der Waals surface area contributed by atoms with Crippen LogP contribution in [0.15, 0.2) is 23.1 Å². The maximum Gasteiger partial charge on any atom is 0.289 e. The van der Waals surface area contributed by atoms with E-state index in [1.54, 1.807) is 6.07 Å². The number of halogens is 1. The van der Waals surface area contributed by atoms with Crippen molar-refractivity contribution in [3.8, 4) is 0 Å². The molecule has 6 heteroatoms. The predicted octanol–water partition coefficient (Wildman–Crippen LogP) is 3.69. The van der Waals surface area contributed by atoms with Crippen LogP contribution >= 0.6 is 11.6 Å². The average Bonchev–Trinajstić information content (AvgIpc) is 2.39. The Balaban J connectivity index is 2.24. The topological polar surface area (TPSA) is 60.2 Å². The van der Waals surface area contributed by atoms with E-state index in [1.807, 2.05) is 0 Å². The van der Waals surface area contributed by atoms with E-state index >= 15 is 0 Å². The van der Waals surface area contributed by atoms with E-state index in [4.69, 9.17) is 11.6 Å². The van der Waals surface area contributed by atoms with Crippen LogP contribution in [0.5, 0.6) is 0 Å². The van der Waals surface area contributed by atoms with Crippen molar-refractivity contribution >= 4 is 28.1 Å². The van der Waals surface area contributed by atoms with Crippen molar-refractivity contribution in [3.05, 3.63) is 33.3 Å². The Morgan fingerprint density at radius 2 is 1.94 bits per heavy atom. The van der Waals surface area contributed by atoms with Crippen LogP contribution in [-0.4, -0.2) is 14.4 Å². The Morgan fingerprint density at radius 1 is 1.28 bits per heavy atom. The third-order valence-corrected chi connectivity index (χ3v) is 5.32. The summed E-state index contributed by atoms with van der Waals surface area (Å²) in [4.78, 5) is 10.8. The minimum absolute atomic E-state index is 0.0874. The van der Waals surface area contributed by atoms with Gasteiger partial charge in [0.25, 0.3) is 5.69 Å². The van der Waals surface area contributed by atoms with Crippen molar-refractivity contribution in [3.63, 3.8) is 0 Å². The predicted molar refractivity (Wildman–Crippen MR) is 71.4 cm³/mol. The van der Waals surface area contributed by atoms with E-state index in [9.17, 15) is 14.3 Å². The normalized spacial score (nSPS) is 18.5. The zero-order valence-electron chi connectivity index (χ0n) is 9.80. The molecule has 1 unspecified atom stereocenters. The second-order valence-electron chi connectivity index (χ2n) is 4.43. The number of hydrogen-bond donors (Lipinski definition) is 0. The number of hydrogen-bond acceptors (Lipinski definition) is 3. The summed E-state index contributed by atoms with van der Waals surface area (Å²) in [7, 11) is -1.17. The second-order valence-corrected chi connectivity index (χ2v) is 6.57. The van der Waals surface area contributed by atoms with E-state index in [1.165, 1.54) is 18.6 Å². The molecular weight excluding hydrogens is 274 g/mol. The summed E-state index contributed by atoms with van der Waals surface area (Å²) in [5.41, 5.74) is -0.168. The Labute approximate surface area is 113 Å². The molecular formula is C12H14ClNO3S. The van der Waals surface area contributed by atoms with E-state index < -0.39 is 15.7 Å². The summed E-state index contributed by atoms with van der Waals surface area (Å²) in [6.07, 6.45) is 5.23. The molecule has 2 rings (SSSR count). The summed E-state index contributed by atoms with van der Waals surface area (Å²) in [6, 6.07) is 4.42. The van der Waals surface area contributed by atoms with Gasteiger partial charge in [-0.2, -0.15) is 0 Å². The van der Waals surface area contributed by atoms with Crippen LogP contribution in [0.1, 0.15) is 32.1 Å². The Hall–Kier alpha value is -0.940. The van der Waals surface area contributed by atoms with Crippen molar-refractivity contribution < 1.29 is 9.13 Å². The Morgan fingerprint density at radius 3 is 2.56 bits per heavy atom. The van der Waals surface area contributed by atoms with Gasteiger partial charge in [0.2, 0.25) is 0 Å². The highest BCUT2D eigenvalue weighted by Gasteiger charge is 2.23. The van der Waals surface area contributed by atoms with E-state index in [-0.39, 0.29) is 16.0 Å². The van der Waals surface area contributed by atoms with Crippen molar-refractivity contribution in [2.75, 3.05) is 0 Å². The molecule has 0 heterocycles. The number of rotatable bonds is 3. The van der Waals surface area contributed by atoms with E-state index in [2.05, 4.69) is 0 Å². The second kappa shape index (κ2) is 5.80. The van der Waals surface area contributed by atoms with Gasteiger partial charge >= 0.3 is 0 Å². The molecule has 1 aliphatic rings.